The van der Waals surface area contributed by atoms with Gasteiger partial charge < -0.3 is 15.2 Å². The normalized spacial score (nSPS) is 13.9. The number of anilines is 1. The zero-order chi connectivity index (χ0) is 22.8. The lowest BCUT2D eigenvalue weighted by Gasteiger charge is -2.29. The number of fused-ring (bicyclic) bond motifs is 1. The van der Waals surface area contributed by atoms with Crippen LogP contribution in [0, 0.1) is 0 Å². The fourth-order valence-corrected chi connectivity index (χ4v) is 3.18. The maximum atomic E-state index is 12.5. The number of carbonyl (C=O) groups excluding carboxylic acids is 1. The standard InChI is InChI=1S/C21H25F3N6O/c1-5-20(4,19(31)27-12-21(22,23)24)29-16-8-10-25-17(28-16)15-11-30(13(2)3)18-14(15)7-6-9-26-18/h6-11,13H,5,12H2,1-4H3,(H,27,31)(H,25,28,29)/t20-/m0/s1. The second-order valence-corrected chi connectivity index (χ2v) is 7.79. The molecule has 3 aromatic heterocycles. The quantitative estimate of drug-likeness (QED) is 0.578. The number of hydrogen-bond acceptors (Lipinski definition) is 5. The molecule has 3 aromatic rings. The summed E-state index contributed by atoms with van der Waals surface area (Å²) in [6, 6.07) is 5.51. The maximum absolute atomic E-state index is 12.5. The van der Waals surface area contributed by atoms with Crippen LogP contribution in [-0.4, -0.2) is 43.7 Å². The number of hydrogen-bond donors (Lipinski definition) is 2. The summed E-state index contributed by atoms with van der Waals surface area (Å²) in [6.45, 7) is 5.95. The number of amides is 1. The van der Waals surface area contributed by atoms with E-state index in [1.165, 1.54) is 6.92 Å². The van der Waals surface area contributed by atoms with E-state index in [2.05, 4.69) is 20.3 Å². The molecule has 0 aromatic carbocycles. The Labute approximate surface area is 178 Å². The topological polar surface area (TPSA) is 84.7 Å². The van der Waals surface area contributed by atoms with Crippen LogP contribution in [0.2, 0.25) is 0 Å². The van der Waals surface area contributed by atoms with E-state index in [4.69, 9.17) is 0 Å². The Kier molecular flexibility index (Phi) is 6.19. The van der Waals surface area contributed by atoms with Crippen molar-refractivity contribution in [2.45, 2.75) is 51.9 Å². The summed E-state index contributed by atoms with van der Waals surface area (Å²) in [5.41, 5.74) is 0.309. The van der Waals surface area contributed by atoms with Crippen LogP contribution in [0.3, 0.4) is 0 Å². The number of pyridine rings is 1. The van der Waals surface area contributed by atoms with Gasteiger partial charge >= 0.3 is 6.18 Å². The van der Waals surface area contributed by atoms with Crippen molar-refractivity contribution in [2.75, 3.05) is 11.9 Å². The van der Waals surface area contributed by atoms with Crippen molar-refractivity contribution in [3.05, 3.63) is 36.8 Å². The monoisotopic (exact) mass is 434 g/mol. The van der Waals surface area contributed by atoms with E-state index in [0.717, 1.165) is 16.6 Å². The average Bonchev–Trinajstić information content (AvgIpc) is 3.11. The molecule has 166 valence electrons. The average molecular weight is 434 g/mol. The van der Waals surface area contributed by atoms with Crippen molar-refractivity contribution >= 4 is 22.8 Å². The lowest BCUT2D eigenvalue weighted by molar-refractivity contribution is -0.140. The number of alkyl halides is 3. The molecule has 0 radical (unpaired) electrons. The van der Waals surface area contributed by atoms with E-state index in [1.807, 2.05) is 42.1 Å². The van der Waals surface area contributed by atoms with E-state index in [0.29, 0.717) is 11.6 Å². The van der Waals surface area contributed by atoms with Crippen LogP contribution >= 0.6 is 0 Å². The van der Waals surface area contributed by atoms with Gasteiger partial charge in [0, 0.05) is 35.6 Å². The van der Waals surface area contributed by atoms with Gasteiger partial charge in [0.2, 0.25) is 5.91 Å². The Bertz CT molecular complexity index is 1080. The Balaban J connectivity index is 1.92. The Morgan fingerprint density at radius 2 is 1.94 bits per heavy atom. The molecule has 10 heteroatoms. The SMILES string of the molecule is CC[C@](C)(Nc1ccnc(-c2cn(C(C)C)c3ncccc23)n1)C(=O)NCC(F)(F)F. The summed E-state index contributed by atoms with van der Waals surface area (Å²) < 4.78 is 39.5. The fraction of sp³-hybridized carbons (Fsp3) is 0.429. The molecule has 0 spiro atoms. The summed E-state index contributed by atoms with van der Waals surface area (Å²) in [5.74, 6) is 0.00972. The van der Waals surface area contributed by atoms with E-state index >= 15 is 0 Å². The number of nitrogens with zero attached hydrogens (tertiary/aromatic N) is 4. The predicted octanol–water partition coefficient (Wildman–Crippen LogP) is 4.33. The van der Waals surface area contributed by atoms with Gasteiger partial charge in [0.1, 0.15) is 23.5 Å². The molecule has 0 aliphatic carbocycles. The highest BCUT2D eigenvalue weighted by Gasteiger charge is 2.35. The summed E-state index contributed by atoms with van der Waals surface area (Å²) in [4.78, 5) is 25.8. The Morgan fingerprint density at radius 3 is 2.58 bits per heavy atom. The van der Waals surface area contributed by atoms with Gasteiger partial charge in [-0.05, 0) is 45.4 Å². The van der Waals surface area contributed by atoms with E-state index < -0.39 is 24.2 Å². The van der Waals surface area contributed by atoms with Gasteiger partial charge in [-0.25, -0.2) is 15.0 Å². The summed E-state index contributed by atoms with van der Waals surface area (Å²) in [6.07, 6.45) is 0.966. The highest BCUT2D eigenvalue weighted by Crippen LogP contribution is 2.30. The zero-order valence-electron chi connectivity index (χ0n) is 17.8. The lowest BCUT2D eigenvalue weighted by atomic mass is 9.97. The van der Waals surface area contributed by atoms with Crippen molar-refractivity contribution in [3.63, 3.8) is 0 Å². The van der Waals surface area contributed by atoms with Crippen molar-refractivity contribution in [1.29, 1.82) is 0 Å². The Morgan fingerprint density at radius 1 is 1.19 bits per heavy atom. The molecule has 1 amide bonds. The van der Waals surface area contributed by atoms with E-state index in [9.17, 15) is 18.0 Å². The Hall–Kier alpha value is -3.17. The first kappa shape index (κ1) is 22.5. The highest BCUT2D eigenvalue weighted by molar-refractivity contribution is 5.92. The smallest absolute Gasteiger partial charge is 0.356 e. The summed E-state index contributed by atoms with van der Waals surface area (Å²) in [5, 5.41) is 5.80. The molecule has 7 nitrogen and oxygen atoms in total. The van der Waals surface area contributed by atoms with Gasteiger partial charge in [-0.15, -0.1) is 0 Å². The number of aromatic nitrogens is 4. The van der Waals surface area contributed by atoms with Crippen LogP contribution < -0.4 is 10.6 Å². The van der Waals surface area contributed by atoms with Crippen molar-refractivity contribution in [1.82, 2.24) is 24.8 Å². The molecule has 0 aliphatic rings. The maximum Gasteiger partial charge on any atom is 0.405 e. The van der Waals surface area contributed by atoms with Gasteiger partial charge in [0.25, 0.3) is 0 Å². The molecule has 0 saturated carbocycles. The second kappa shape index (κ2) is 8.52. The van der Waals surface area contributed by atoms with Crippen molar-refractivity contribution in [2.24, 2.45) is 0 Å². The van der Waals surface area contributed by atoms with Crippen LogP contribution in [-0.2, 0) is 4.79 Å². The molecule has 0 unspecified atom stereocenters. The van der Waals surface area contributed by atoms with Gasteiger partial charge in [-0.1, -0.05) is 6.92 Å². The molecule has 0 saturated heterocycles. The van der Waals surface area contributed by atoms with E-state index in [-0.39, 0.29) is 12.5 Å². The minimum atomic E-state index is -4.48. The first-order valence-corrected chi connectivity index (χ1v) is 9.96. The van der Waals surface area contributed by atoms with Crippen molar-refractivity contribution < 1.29 is 18.0 Å². The summed E-state index contributed by atoms with van der Waals surface area (Å²) in [7, 11) is 0. The predicted molar refractivity (Wildman–Crippen MR) is 113 cm³/mol. The summed E-state index contributed by atoms with van der Waals surface area (Å²) >= 11 is 0. The largest absolute Gasteiger partial charge is 0.405 e. The molecule has 0 aliphatic heterocycles. The fourth-order valence-electron chi connectivity index (χ4n) is 3.18. The lowest BCUT2D eigenvalue weighted by Crippen LogP contribution is -2.52. The first-order valence-electron chi connectivity index (χ1n) is 9.96. The van der Waals surface area contributed by atoms with Gasteiger partial charge in [0.05, 0.1) is 0 Å². The zero-order valence-corrected chi connectivity index (χ0v) is 17.8. The number of carbonyl (C=O) groups is 1. The third-order valence-corrected chi connectivity index (χ3v) is 5.10. The van der Waals surface area contributed by atoms with Gasteiger partial charge in [-0.2, -0.15) is 13.2 Å². The first-order chi connectivity index (χ1) is 14.5. The molecule has 3 heterocycles. The molecule has 0 bridgehead atoms. The number of rotatable bonds is 7. The van der Waals surface area contributed by atoms with Crippen LogP contribution in [0.15, 0.2) is 36.8 Å². The van der Waals surface area contributed by atoms with Gasteiger partial charge in [0.15, 0.2) is 5.82 Å². The number of nitrogens with one attached hydrogen (secondary N) is 2. The molecule has 0 fully saturated rings. The van der Waals surface area contributed by atoms with Crippen molar-refractivity contribution in [3.8, 4) is 11.4 Å². The molecular weight excluding hydrogens is 409 g/mol. The third-order valence-electron chi connectivity index (χ3n) is 5.10. The molecule has 2 N–H and O–H groups in total. The minimum absolute atomic E-state index is 0.174. The van der Waals surface area contributed by atoms with E-state index in [1.54, 1.807) is 25.4 Å². The molecule has 3 rings (SSSR count). The minimum Gasteiger partial charge on any atom is -0.356 e. The molecule has 1 atom stereocenters. The van der Waals surface area contributed by atoms with Crippen LogP contribution in [0.4, 0.5) is 19.0 Å². The number of halogens is 3. The van der Waals surface area contributed by atoms with Crippen LogP contribution in [0.25, 0.3) is 22.4 Å². The molecule has 31 heavy (non-hydrogen) atoms. The third kappa shape index (κ3) is 4.95. The van der Waals surface area contributed by atoms with Gasteiger partial charge in [-0.3, -0.25) is 4.79 Å². The van der Waals surface area contributed by atoms with Crippen LogP contribution in [0.5, 0.6) is 0 Å². The van der Waals surface area contributed by atoms with Crippen LogP contribution in [0.1, 0.15) is 40.2 Å². The second-order valence-electron chi connectivity index (χ2n) is 7.79. The molecular formula is C21H25F3N6O. The highest BCUT2D eigenvalue weighted by atomic mass is 19.4.